The van der Waals surface area contributed by atoms with E-state index in [4.69, 9.17) is 20.8 Å². The van der Waals surface area contributed by atoms with Crippen LogP contribution in [0.2, 0.25) is 5.02 Å². The lowest BCUT2D eigenvalue weighted by Crippen LogP contribution is -2.50. The van der Waals surface area contributed by atoms with E-state index in [1.54, 1.807) is 29.2 Å². The number of hydrogen-bond donors (Lipinski definition) is 1. The van der Waals surface area contributed by atoms with Gasteiger partial charge in [0.2, 0.25) is 0 Å². The van der Waals surface area contributed by atoms with E-state index in [9.17, 15) is 9.59 Å². The largest absolute Gasteiger partial charge is 0.451 e. The second kappa shape index (κ2) is 9.81. The lowest BCUT2D eigenvalue weighted by molar-refractivity contribution is 0.0240. The highest BCUT2D eigenvalue weighted by atomic mass is 35.5. The van der Waals surface area contributed by atoms with E-state index in [-0.39, 0.29) is 17.8 Å². The Kier molecular flexibility index (Phi) is 6.84. The Bertz CT molecular complexity index is 1140. The standard InChI is InChI=1S/C26H28ClN3O4/c1-26(2,3)34-25(32)30-16-14-29(15-17-30)21-10-8-20(9-11-21)28-24(31)23-13-12-22(33-23)18-4-6-19(27)7-5-18/h4-13H,14-17H2,1-3H3,(H,28,31). The van der Waals surface area contributed by atoms with Gasteiger partial charge in [-0.25, -0.2) is 4.79 Å². The molecule has 8 heteroatoms. The third-order valence-corrected chi connectivity index (χ3v) is 5.63. The molecule has 0 radical (unpaired) electrons. The first kappa shape index (κ1) is 23.7. The van der Waals surface area contributed by atoms with Crippen LogP contribution < -0.4 is 10.2 Å². The lowest BCUT2D eigenvalue weighted by atomic mass is 10.2. The molecule has 34 heavy (non-hydrogen) atoms. The number of halogens is 1. The summed E-state index contributed by atoms with van der Waals surface area (Å²) in [5.41, 5.74) is 2.05. The van der Waals surface area contributed by atoms with Gasteiger partial charge in [0.05, 0.1) is 0 Å². The minimum Gasteiger partial charge on any atom is -0.451 e. The highest BCUT2D eigenvalue weighted by Crippen LogP contribution is 2.25. The van der Waals surface area contributed by atoms with Crippen molar-refractivity contribution in [3.63, 3.8) is 0 Å². The zero-order valence-corrected chi connectivity index (χ0v) is 20.3. The van der Waals surface area contributed by atoms with Crippen molar-refractivity contribution in [2.45, 2.75) is 26.4 Å². The summed E-state index contributed by atoms with van der Waals surface area (Å²) < 4.78 is 11.2. The van der Waals surface area contributed by atoms with Gasteiger partial charge in [0, 0.05) is 48.1 Å². The van der Waals surface area contributed by atoms with Crippen molar-refractivity contribution >= 4 is 35.0 Å². The zero-order chi connectivity index (χ0) is 24.3. The van der Waals surface area contributed by atoms with Crippen LogP contribution in [0, 0.1) is 0 Å². The Morgan fingerprint density at radius 3 is 2.18 bits per heavy atom. The smallest absolute Gasteiger partial charge is 0.410 e. The maximum absolute atomic E-state index is 12.6. The fraction of sp³-hybridized carbons (Fsp3) is 0.308. The van der Waals surface area contributed by atoms with Gasteiger partial charge in [-0.3, -0.25) is 4.79 Å². The number of benzene rings is 2. The van der Waals surface area contributed by atoms with Gasteiger partial charge in [-0.2, -0.15) is 0 Å². The molecule has 1 N–H and O–H groups in total. The van der Waals surface area contributed by atoms with Crippen LogP contribution in [0.15, 0.2) is 65.1 Å². The average molecular weight is 482 g/mol. The molecular formula is C26H28ClN3O4. The maximum atomic E-state index is 12.6. The predicted octanol–water partition coefficient (Wildman–Crippen LogP) is 5.91. The second-order valence-corrected chi connectivity index (χ2v) is 9.56. The molecule has 2 heterocycles. The highest BCUT2D eigenvalue weighted by molar-refractivity contribution is 6.30. The number of carbonyl (C=O) groups excluding carboxylic acids is 2. The molecule has 0 unspecified atom stereocenters. The normalized spacial score (nSPS) is 14.1. The van der Waals surface area contributed by atoms with Crippen LogP contribution in [0.4, 0.5) is 16.2 Å². The number of piperazine rings is 1. The van der Waals surface area contributed by atoms with Gasteiger partial charge in [-0.15, -0.1) is 0 Å². The molecule has 1 fully saturated rings. The number of hydrogen-bond acceptors (Lipinski definition) is 5. The fourth-order valence-corrected chi connectivity index (χ4v) is 3.78. The summed E-state index contributed by atoms with van der Waals surface area (Å²) in [6.07, 6.45) is -0.276. The first-order valence-corrected chi connectivity index (χ1v) is 11.6. The van der Waals surface area contributed by atoms with E-state index in [2.05, 4.69) is 10.2 Å². The van der Waals surface area contributed by atoms with Crippen LogP contribution >= 0.6 is 11.6 Å². The maximum Gasteiger partial charge on any atom is 0.410 e. The molecular weight excluding hydrogens is 454 g/mol. The van der Waals surface area contributed by atoms with E-state index in [1.807, 2.05) is 57.2 Å². The van der Waals surface area contributed by atoms with E-state index >= 15 is 0 Å². The third-order valence-electron chi connectivity index (χ3n) is 5.38. The zero-order valence-electron chi connectivity index (χ0n) is 19.5. The minimum absolute atomic E-state index is 0.229. The van der Waals surface area contributed by atoms with Crippen LogP contribution in [0.1, 0.15) is 31.3 Å². The average Bonchev–Trinajstić information content (AvgIpc) is 3.30. The van der Waals surface area contributed by atoms with Gasteiger partial charge in [-0.05, 0) is 81.4 Å². The molecule has 1 aliphatic heterocycles. The van der Waals surface area contributed by atoms with Crippen LogP contribution in [0.3, 0.4) is 0 Å². The Balaban J connectivity index is 1.32. The number of carbonyl (C=O) groups is 2. The Morgan fingerprint density at radius 2 is 1.56 bits per heavy atom. The highest BCUT2D eigenvalue weighted by Gasteiger charge is 2.26. The first-order chi connectivity index (χ1) is 16.2. The molecule has 0 aliphatic carbocycles. The number of nitrogens with one attached hydrogen (secondary N) is 1. The van der Waals surface area contributed by atoms with E-state index in [0.717, 1.165) is 11.3 Å². The summed E-state index contributed by atoms with van der Waals surface area (Å²) in [5.74, 6) is 0.508. The van der Waals surface area contributed by atoms with Crippen molar-refractivity contribution < 1.29 is 18.7 Å². The molecule has 4 rings (SSSR count). The number of amides is 2. The van der Waals surface area contributed by atoms with Crippen molar-refractivity contribution in [2.24, 2.45) is 0 Å². The van der Waals surface area contributed by atoms with Crippen molar-refractivity contribution in [1.29, 1.82) is 0 Å². The molecule has 1 aromatic heterocycles. The number of nitrogens with zero attached hydrogens (tertiary/aromatic N) is 2. The first-order valence-electron chi connectivity index (χ1n) is 11.2. The Morgan fingerprint density at radius 1 is 0.912 bits per heavy atom. The summed E-state index contributed by atoms with van der Waals surface area (Å²) in [7, 11) is 0. The fourth-order valence-electron chi connectivity index (χ4n) is 3.65. The predicted molar refractivity (Wildman–Crippen MR) is 134 cm³/mol. The summed E-state index contributed by atoms with van der Waals surface area (Å²) in [6.45, 7) is 8.23. The van der Waals surface area contributed by atoms with Crippen molar-refractivity contribution in [2.75, 3.05) is 36.4 Å². The van der Waals surface area contributed by atoms with E-state index < -0.39 is 5.60 Å². The minimum atomic E-state index is -0.498. The van der Waals surface area contributed by atoms with Crippen LogP contribution in [-0.4, -0.2) is 48.7 Å². The molecule has 0 spiro atoms. The molecule has 1 saturated heterocycles. The monoisotopic (exact) mass is 481 g/mol. The molecule has 178 valence electrons. The molecule has 0 bridgehead atoms. The molecule has 2 amide bonds. The van der Waals surface area contributed by atoms with E-state index in [0.29, 0.717) is 42.6 Å². The summed E-state index contributed by atoms with van der Waals surface area (Å²) in [5, 5.41) is 3.50. The number of anilines is 2. The number of rotatable bonds is 4. The van der Waals surface area contributed by atoms with Gasteiger partial charge in [0.1, 0.15) is 11.4 Å². The second-order valence-electron chi connectivity index (χ2n) is 9.13. The van der Waals surface area contributed by atoms with Crippen molar-refractivity contribution in [1.82, 2.24) is 4.90 Å². The van der Waals surface area contributed by atoms with Gasteiger partial charge in [0.15, 0.2) is 5.76 Å². The molecule has 1 aliphatic rings. The summed E-state index contributed by atoms with van der Waals surface area (Å²) in [6, 6.07) is 18.3. The third kappa shape index (κ3) is 5.91. The molecule has 3 aromatic rings. The SMILES string of the molecule is CC(C)(C)OC(=O)N1CCN(c2ccc(NC(=O)c3ccc(-c4ccc(Cl)cc4)o3)cc2)CC1. The Labute approximate surface area is 204 Å². The number of furan rings is 1. The van der Waals surface area contributed by atoms with Crippen LogP contribution in [0.5, 0.6) is 0 Å². The Hall–Kier alpha value is -3.45. The number of ether oxygens (including phenoxy) is 1. The van der Waals surface area contributed by atoms with Crippen molar-refractivity contribution in [3.8, 4) is 11.3 Å². The molecule has 0 saturated carbocycles. The summed E-state index contributed by atoms with van der Waals surface area (Å²) in [4.78, 5) is 28.8. The van der Waals surface area contributed by atoms with Gasteiger partial charge in [-0.1, -0.05) is 11.6 Å². The van der Waals surface area contributed by atoms with Crippen LogP contribution in [0.25, 0.3) is 11.3 Å². The quantitative estimate of drug-likeness (QED) is 0.501. The lowest BCUT2D eigenvalue weighted by Gasteiger charge is -2.36. The molecule has 0 atom stereocenters. The van der Waals surface area contributed by atoms with Gasteiger partial charge in [0.25, 0.3) is 5.91 Å². The van der Waals surface area contributed by atoms with Gasteiger partial charge < -0.3 is 24.3 Å². The molecule has 2 aromatic carbocycles. The van der Waals surface area contributed by atoms with Gasteiger partial charge >= 0.3 is 6.09 Å². The van der Waals surface area contributed by atoms with E-state index in [1.165, 1.54) is 0 Å². The van der Waals surface area contributed by atoms with Crippen molar-refractivity contribution in [3.05, 3.63) is 71.4 Å². The van der Waals surface area contributed by atoms with Crippen LogP contribution in [-0.2, 0) is 4.74 Å². The topological polar surface area (TPSA) is 75.0 Å². The molecule has 7 nitrogen and oxygen atoms in total. The summed E-state index contributed by atoms with van der Waals surface area (Å²) >= 11 is 5.93.